The molecule has 1 nitrogen and oxygen atoms in total. The van der Waals surface area contributed by atoms with Crippen LogP contribution in [-0.4, -0.2) is 24.3 Å². The van der Waals surface area contributed by atoms with Gasteiger partial charge in [-0.3, -0.25) is 0 Å². The molecule has 1 aromatic rings. The summed E-state index contributed by atoms with van der Waals surface area (Å²) in [7, 11) is 1.08. The fourth-order valence-electron chi connectivity index (χ4n) is 1.34. The van der Waals surface area contributed by atoms with Gasteiger partial charge in [0.15, 0.2) is 0 Å². The quantitative estimate of drug-likeness (QED) is 0.703. The van der Waals surface area contributed by atoms with E-state index in [4.69, 9.17) is 0 Å². The summed E-state index contributed by atoms with van der Waals surface area (Å²) < 4.78 is 37.0. The molecule has 84 valence electrons. The van der Waals surface area contributed by atoms with Gasteiger partial charge in [0.05, 0.1) is 0 Å². The molecular formula is C11H14F3N. The maximum atomic E-state index is 12.3. The average Bonchev–Trinajstić information content (AvgIpc) is 2.16. The van der Waals surface area contributed by atoms with Crippen LogP contribution in [0.5, 0.6) is 0 Å². The molecule has 1 rings (SSSR count). The molecule has 1 atom stereocenters. The Morgan fingerprint density at radius 2 is 1.73 bits per heavy atom. The van der Waals surface area contributed by atoms with Gasteiger partial charge in [-0.25, -0.2) is 4.90 Å². The first-order valence-electron chi connectivity index (χ1n) is 4.75. The molecular weight excluding hydrogens is 203 g/mol. The lowest BCUT2D eigenvalue weighted by atomic mass is 10.1. The number of halogens is 3. The standard InChI is InChI=1S/C11H14F3N/c1-9(15(2)11(12,13)14)8-10-6-4-3-5-7-10/h3-7,9H,8H2,1-2H3. The maximum absolute atomic E-state index is 12.3. The molecule has 0 N–H and O–H groups in total. The zero-order valence-electron chi connectivity index (χ0n) is 8.75. The van der Waals surface area contributed by atoms with Gasteiger partial charge < -0.3 is 0 Å². The van der Waals surface area contributed by atoms with Gasteiger partial charge in [-0.15, -0.1) is 0 Å². The van der Waals surface area contributed by atoms with Crippen molar-refractivity contribution in [3.63, 3.8) is 0 Å². The van der Waals surface area contributed by atoms with Crippen molar-refractivity contribution in [3.05, 3.63) is 35.9 Å². The topological polar surface area (TPSA) is 3.24 Å². The van der Waals surface area contributed by atoms with Crippen molar-refractivity contribution in [2.75, 3.05) is 7.05 Å². The minimum absolute atomic E-state index is 0.400. The highest BCUT2D eigenvalue weighted by Gasteiger charge is 2.36. The van der Waals surface area contributed by atoms with E-state index in [2.05, 4.69) is 0 Å². The lowest BCUT2D eigenvalue weighted by Crippen LogP contribution is -2.42. The van der Waals surface area contributed by atoms with E-state index in [-0.39, 0.29) is 0 Å². The minimum Gasteiger partial charge on any atom is -0.214 e. The highest BCUT2D eigenvalue weighted by Crippen LogP contribution is 2.22. The molecule has 0 bridgehead atoms. The van der Waals surface area contributed by atoms with Crippen molar-refractivity contribution in [3.8, 4) is 0 Å². The Balaban J connectivity index is 2.60. The Labute approximate surface area is 87.5 Å². The Hall–Kier alpha value is -1.03. The van der Waals surface area contributed by atoms with Gasteiger partial charge in [-0.1, -0.05) is 30.3 Å². The van der Waals surface area contributed by atoms with Crippen LogP contribution in [0.4, 0.5) is 13.2 Å². The SMILES string of the molecule is CC(Cc1ccccc1)N(C)C(F)(F)F. The molecule has 0 heterocycles. The van der Waals surface area contributed by atoms with Crippen molar-refractivity contribution in [1.82, 2.24) is 4.90 Å². The van der Waals surface area contributed by atoms with Crippen LogP contribution in [0.2, 0.25) is 0 Å². The van der Waals surface area contributed by atoms with E-state index >= 15 is 0 Å². The molecule has 0 saturated heterocycles. The number of likely N-dealkylation sites (N-methyl/N-ethyl adjacent to an activating group) is 1. The number of nitrogens with zero attached hydrogens (tertiary/aromatic N) is 1. The first-order chi connectivity index (χ1) is 6.91. The monoisotopic (exact) mass is 217 g/mol. The highest BCUT2D eigenvalue weighted by molar-refractivity contribution is 5.15. The molecule has 0 aromatic heterocycles. The predicted molar refractivity (Wildman–Crippen MR) is 53.4 cm³/mol. The number of rotatable bonds is 3. The summed E-state index contributed by atoms with van der Waals surface area (Å²) in [4.78, 5) is 0.431. The molecule has 0 amide bonds. The first-order valence-corrected chi connectivity index (χ1v) is 4.75. The first kappa shape index (κ1) is 12.0. The van der Waals surface area contributed by atoms with E-state index in [0.717, 1.165) is 12.6 Å². The number of benzene rings is 1. The van der Waals surface area contributed by atoms with Crippen LogP contribution < -0.4 is 0 Å². The second-order valence-corrected chi connectivity index (χ2v) is 3.62. The molecule has 0 fully saturated rings. The normalized spacial score (nSPS) is 14.3. The fraction of sp³-hybridized carbons (Fsp3) is 0.455. The second kappa shape index (κ2) is 4.66. The Morgan fingerprint density at radius 3 is 2.20 bits per heavy atom. The second-order valence-electron chi connectivity index (χ2n) is 3.62. The van der Waals surface area contributed by atoms with E-state index in [1.54, 1.807) is 6.92 Å². The van der Waals surface area contributed by atoms with Gasteiger partial charge in [0.25, 0.3) is 0 Å². The van der Waals surface area contributed by atoms with Crippen molar-refractivity contribution in [1.29, 1.82) is 0 Å². The maximum Gasteiger partial charge on any atom is 0.459 e. The molecule has 0 radical (unpaired) electrons. The van der Waals surface area contributed by atoms with Crippen LogP contribution in [0, 0.1) is 0 Å². The van der Waals surface area contributed by atoms with Crippen LogP contribution in [0.3, 0.4) is 0 Å². The molecule has 0 saturated carbocycles. The molecule has 4 heteroatoms. The van der Waals surface area contributed by atoms with Gasteiger partial charge in [-0.2, -0.15) is 13.2 Å². The predicted octanol–water partition coefficient (Wildman–Crippen LogP) is 3.07. The van der Waals surface area contributed by atoms with E-state index in [1.807, 2.05) is 30.3 Å². The molecule has 15 heavy (non-hydrogen) atoms. The summed E-state index contributed by atoms with van der Waals surface area (Å²) in [5.74, 6) is 0. The summed E-state index contributed by atoms with van der Waals surface area (Å²) in [5.41, 5.74) is 0.918. The van der Waals surface area contributed by atoms with Crippen LogP contribution >= 0.6 is 0 Å². The van der Waals surface area contributed by atoms with Gasteiger partial charge in [-0.05, 0) is 26.0 Å². The lowest BCUT2D eigenvalue weighted by molar-refractivity contribution is -0.247. The molecule has 0 aliphatic heterocycles. The van der Waals surface area contributed by atoms with E-state index < -0.39 is 12.3 Å². The Kier molecular flexibility index (Phi) is 3.74. The van der Waals surface area contributed by atoms with Gasteiger partial charge in [0.1, 0.15) is 0 Å². The Bertz CT molecular complexity index is 294. The summed E-state index contributed by atoms with van der Waals surface area (Å²) in [6.07, 6.45) is -3.86. The van der Waals surface area contributed by atoms with Crippen molar-refractivity contribution >= 4 is 0 Å². The van der Waals surface area contributed by atoms with E-state index in [0.29, 0.717) is 11.3 Å². The van der Waals surface area contributed by atoms with Crippen molar-refractivity contribution in [2.45, 2.75) is 25.7 Å². The summed E-state index contributed by atoms with van der Waals surface area (Å²) in [6, 6.07) is 8.63. The molecule has 0 spiro atoms. The minimum atomic E-state index is -4.26. The Morgan fingerprint density at radius 1 is 1.20 bits per heavy atom. The van der Waals surface area contributed by atoms with Crippen LogP contribution in [0.25, 0.3) is 0 Å². The zero-order chi connectivity index (χ0) is 11.5. The van der Waals surface area contributed by atoms with Gasteiger partial charge in [0.2, 0.25) is 0 Å². The number of hydrogen-bond acceptors (Lipinski definition) is 1. The third kappa shape index (κ3) is 3.55. The lowest BCUT2D eigenvalue weighted by Gasteiger charge is -2.26. The third-order valence-corrected chi connectivity index (χ3v) is 2.44. The molecule has 0 aliphatic rings. The molecule has 1 aromatic carbocycles. The number of alkyl halides is 3. The summed E-state index contributed by atoms with van der Waals surface area (Å²) in [5, 5.41) is 0. The average molecular weight is 217 g/mol. The van der Waals surface area contributed by atoms with Crippen LogP contribution in [0.15, 0.2) is 30.3 Å². The van der Waals surface area contributed by atoms with Crippen LogP contribution in [-0.2, 0) is 6.42 Å². The summed E-state index contributed by atoms with van der Waals surface area (Å²) >= 11 is 0. The molecule has 1 unspecified atom stereocenters. The van der Waals surface area contributed by atoms with Gasteiger partial charge >= 0.3 is 6.30 Å². The summed E-state index contributed by atoms with van der Waals surface area (Å²) in [6.45, 7) is 1.57. The molecule has 0 aliphatic carbocycles. The smallest absolute Gasteiger partial charge is 0.214 e. The van der Waals surface area contributed by atoms with Crippen molar-refractivity contribution in [2.24, 2.45) is 0 Å². The van der Waals surface area contributed by atoms with Crippen LogP contribution in [0.1, 0.15) is 12.5 Å². The van der Waals surface area contributed by atoms with Crippen molar-refractivity contribution < 1.29 is 13.2 Å². The van der Waals surface area contributed by atoms with E-state index in [9.17, 15) is 13.2 Å². The van der Waals surface area contributed by atoms with E-state index in [1.165, 1.54) is 0 Å². The fourth-order valence-corrected chi connectivity index (χ4v) is 1.34. The zero-order valence-corrected chi connectivity index (χ0v) is 8.75. The largest absolute Gasteiger partial charge is 0.459 e. The highest BCUT2D eigenvalue weighted by atomic mass is 19.4. The number of hydrogen-bond donors (Lipinski definition) is 0. The van der Waals surface area contributed by atoms with Gasteiger partial charge in [0, 0.05) is 6.04 Å². The third-order valence-electron chi connectivity index (χ3n) is 2.44.